The van der Waals surface area contributed by atoms with Crippen LogP contribution in [0.2, 0.25) is 0 Å². The second kappa shape index (κ2) is 9.96. The SMILES string of the molecule is COc1ccccc1C(=O)NCC(=O)NNC(=O)COc1cc(C)ccc1C. The average molecular weight is 385 g/mol. The van der Waals surface area contributed by atoms with E-state index < -0.39 is 17.7 Å². The lowest BCUT2D eigenvalue weighted by molar-refractivity contribution is -0.129. The van der Waals surface area contributed by atoms with Crippen LogP contribution < -0.4 is 25.6 Å². The van der Waals surface area contributed by atoms with Gasteiger partial charge in [0.15, 0.2) is 6.61 Å². The maximum absolute atomic E-state index is 12.1. The normalized spacial score (nSPS) is 9.96. The molecular weight excluding hydrogens is 362 g/mol. The monoisotopic (exact) mass is 385 g/mol. The summed E-state index contributed by atoms with van der Waals surface area (Å²) in [4.78, 5) is 35.7. The van der Waals surface area contributed by atoms with Crippen molar-refractivity contribution < 1.29 is 23.9 Å². The number of para-hydroxylation sites is 1. The first-order chi connectivity index (χ1) is 13.4. The predicted octanol–water partition coefficient (Wildman–Crippen LogP) is 1.27. The van der Waals surface area contributed by atoms with Gasteiger partial charge in [-0.3, -0.25) is 25.2 Å². The van der Waals surface area contributed by atoms with Crippen LogP contribution in [0.15, 0.2) is 42.5 Å². The van der Waals surface area contributed by atoms with E-state index >= 15 is 0 Å². The van der Waals surface area contributed by atoms with Crippen molar-refractivity contribution in [1.82, 2.24) is 16.2 Å². The lowest BCUT2D eigenvalue weighted by Crippen LogP contribution is -2.47. The number of hydrazine groups is 1. The Morgan fingerprint density at radius 1 is 0.929 bits per heavy atom. The summed E-state index contributed by atoms with van der Waals surface area (Å²) in [5.74, 6) is -0.561. The molecule has 0 radical (unpaired) electrons. The molecule has 8 nitrogen and oxygen atoms in total. The van der Waals surface area contributed by atoms with Crippen molar-refractivity contribution in [3.63, 3.8) is 0 Å². The molecule has 0 aliphatic heterocycles. The van der Waals surface area contributed by atoms with Crippen molar-refractivity contribution in [3.05, 3.63) is 59.2 Å². The number of carbonyl (C=O) groups is 3. The summed E-state index contributed by atoms with van der Waals surface area (Å²) in [7, 11) is 1.45. The Balaban J connectivity index is 1.73. The lowest BCUT2D eigenvalue weighted by atomic mass is 10.1. The fraction of sp³-hybridized carbons (Fsp3) is 0.250. The van der Waals surface area contributed by atoms with Gasteiger partial charge >= 0.3 is 0 Å². The molecule has 0 saturated carbocycles. The van der Waals surface area contributed by atoms with Crippen molar-refractivity contribution in [2.75, 3.05) is 20.3 Å². The number of carbonyl (C=O) groups excluding carboxylic acids is 3. The molecule has 2 aromatic carbocycles. The van der Waals surface area contributed by atoms with Gasteiger partial charge in [0.05, 0.1) is 19.2 Å². The van der Waals surface area contributed by atoms with E-state index in [1.807, 2.05) is 32.0 Å². The van der Waals surface area contributed by atoms with Crippen molar-refractivity contribution in [3.8, 4) is 11.5 Å². The zero-order valence-electron chi connectivity index (χ0n) is 16.0. The van der Waals surface area contributed by atoms with Gasteiger partial charge in [-0.25, -0.2) is 0 Å². The number of aryl methyl sites for hydroxylation is 2. The lowest BCUT2D eigenvalue weighted by Gasteiger charge is -2.12. The highest BCUT2D eigenvalue weighted by atomic mass is 16.5. The molecule has 0 aliphatic rings. The molecule has 3 amide bonds. The second-order valence-corrected chi connectivity index (χ2v) is 6.04. The van der Waals surface area contributed by atoms with Gasteiger partial charge in [0.2, 0.25) is 0 Å². The molecule has 0 unspecified atom stereocenters. The molecule has 8 heteroatoms. The summed E-state index contributed by atoms with van der Waals surface area (Å²) < 4.78 is 10.5. The van der Waals surface area contributed by atoms with Crippen LogP contribution in [0.5, 0.6) is 11.5 Å². The highest BCUT2D eigenvalue weighted by molar-refractivity contribution is 5.98. The average Bonchev–Trinajstić information content (AvgIpc) is 2.70. The first-order valence-electron chi connectivity index (χ1n) is 8.59. The molecule has 0 bridgehead atoms. The van der Waals surface area contributed by atoms with Crippen LogP contribution in [0.25, 0.3) is 0 Å². The number of amides is 3. The van der Waals surface area contributed by atoms with Gasteiger partial charge < -0.3 is 14.8 Å². The van der Waals surface area contributed by atoms with Crippen molar-refractivity contribution in [1.29, 1.82) is 0 Å². The number of methoxy groups -OCH3 is 1. The predicted molar refractivity (Wildman–Crippen MR) is 103 cm³/mol. The number of hydrogen-bond acceptors (Lipinski definition) is 5. The zero-order valence-corrected chi connectivity index (χ0v) is 16.0. The zero-order chi connectivity index (χ0) is 20.5. The second-order valence-electron chi connectivity index (χ2n) is 6.04. The Hall–Kier alpha value is -3.55. The molecule has 0 aliphatic carbocycles. The van der Waals surface area contributed by atoms with Crippen LogP contribution in [-0.2, 0) is 9.59 Å². The third kappa shape index (κ3) is 6.01. The molecule has 2 rings (SSSR count). The van der Waals surface area contributed by atoms with Gasteiger partial charge in [-0.2, -0.15) is 0 Å². The number of benzene rings is 2. The molecule has 28 heavy (non-hydrogen) atoms. The van der Waals surface area contributed by atoms with Crippen LogP contribution in [-0.4, -0.2) is 38.0 Å². The molecule has 0 aromatic heterocycles. The minimum absolute atomic E-state index is 0.252. The van der Waals surface area contributed by atoms with Gasteiger partial charge in [-0.1, -0.05) is 24.3 Å². The Labute approximate surface area is 163 Å². The maximum Gasteiger partial charge on any atom is 0.276 e. The molecule has 0 saturated heterocycles. The van der Waals surface area contributed by atoms with Gasteiger partial charge in [-0.15, -0.1) is 0 Å². The molecule has 2 aromatic rings. The Kier molecular flexibility index (Phi) is 7.38. The standard InChI is InChI=1S/C20H23N3O5/c1-13-8-9-14(2)17(10-13)28-12-19(25)23-22-18(24)11-21-20(26)15-6-4-5-7-16(15)27-3/h4-10H,11-12H2,1-3H3,(H,21,26)(H,22,24)(H,23,25). The summed E-state index contributed by atoms with van der Waals surface area (Å²) in [5.41, 5.74) is 6.68. The van der Waals surface area contributed by atoms with Crippen molar-refractivity contribution in [2.45, 2.75) is 13.8 Å². The molecular formula is C20H23N3O5. The number of ether oxygens (including phenoxy) is 2. The summed E-state index contributed by atoms with van der Waals surface area (Å²) in [6.07, 6.45) is 0. The summed E-state index contributed by atoms with van der Waals surface area (Å²) in [6.45, 7) is 3.23. The quantitative estimate of drug-likeness (QED) is 0.623. The third-order valence-electron chi connectivity index (χ3n) is 3.80. The Bertz CT molecular complexity index is 867. The van der Waals surface area contributed by atoms with Gasteiger partial charge in [0.1, 0.15) is 11.5 Å². The van der Waals surface area contributed by atoms with Crippen molar-refractivity contribution >= 4 is 17.7 Å². The fourth-order valence-corrected chi connectivity index (χ4v) is 2.31. The number of hydrogen-bond donors (Lipinski definition) is 3. The highest BCUT2D eigenvalue weighted by Crippen LogP contribution is 2.19. The molecule has 3 N–H and O–H groups in total. The number of nitrogens with one attached hydrogen (secondary N) is 3. The van der Waals surface area contributed by atoms with Crippen LogP contribution >= 0.6 is 0 Å². The van der Waals surface area contributed by atoms with Crippen LogP contribution in [0, 0.1) is 13.8 Å². The van der Waals surface area contributed by atoms with Gasteiger partial charge in [0.25, 0.3) is 17.7 Å². The molecule has 0 atom stereocenters. The number of rotatable bonds is 7. The van der Waals surface area contributed by atoms with E-state index in [1.165, 1.54) is 7.11 Å². The first-order valence-corrected chi connectivity index (χ1v) is 8.59. The third-order valence-corrected chi connectivity index (χ3v) is 3.80. The van der Waals surface area contributed by atoms with E-state index in [1.54, 1.807) is 24.3 Å². The molecule has 148 valence electrons. The maximum atomic E-state index is 12.1. The van der Waals surface area contributed by atoms with E-state index in [0.717, 1.165) is 11.1 Å². The molecule has 0 heterocycles. The van der Waals surface area contributed by atoms with Gasteiger partial charge in [0, 0.05) is 0 Å². The largest absolute Gasteiger partial charge is 0.496 e. The molecule has 0 fully saturated rings. The minimum atomic E-state index is -0.580. The molecule has 0 spiro atoms. The van der Waals surface area contributed by atoms with E-state index in [-0.39, 0.29) is 13.2 Å². The summed E-state index contributed by atoms with van der Waals surface area (Å²) in [6, 6.07) is 12.3. The fourth-order valence-electron chi connectivity index (χ4n) is 2.31. The van der Waals surface area contributed by atoms with Gasteiger partial charge in [-0.05, 0) is 43.2 Å². The van der Waals surface area contributed by atoms with Crippen LogP contribution in [0.4, 0.5) is 0 Å². The smallest absolute Gasteiger partial charge is 0.276 e. The van der Waals surface area contributed by atoms with E-state index in [4.69, 9.17) is 9.47 Å². The van der Waals surface area contributed by atoms with E-state index in [0.29, 0.717) is 17.1 Å². The highest BCUT2D eigenvalue weighted by Gasteiger charge is 2.13. The summed E-state index contributed by atoms with van der Waals surface area (Å²) >= 11 is 0. The Morgan fingerprint density at radius 3 is 2.39 bits per heavy atom. The van der Waals surface area contributed by atoms with Crippen LogP contribution in [0.3, 0.4) is 0 Å². The first kappa shape index (κ1) is 20.8. The minimum Gasteiger partial charge on any atom is -0.496 e. The van der Waals surface area contributed by atoms with E-state index in [9.17, 15) is 14.4 Å². The van der Waals surface area contributed by atoms with Crippen molar-refractivity contribution in [2.24, 2.45) is 0 Å². The topological polar surface area (TPSA) is 106 Å². The Morgan fingerprint density at radius 2 is 1.64 bits per heavy atom. The summed E-state index contributed by atoms with van der Waals surface area (Å²) in [5, 5.41) is 2.46. The van der Waals surface area contributed by atoms with Crippen LogP contribution in [0.1, 0.15) is 21.5 Å². The van der Waals surface area contributed by atoms with E-state index in [2.05, 4.69) is 16.2 Å².